The van der Waals surface area contributed by atoms with Crippen LogP contribution in [0.5, 0.6) is 11.5 Å². The Morgan fingerprint density at radius 2 is 1.38 bits per heavy atom. The first-order valence-electron chi connectivity index (χ1n) is 8.70. The predicted molar refractivity (Wildman–Crippen MR) is 106 cm³/mol. The topological polar surface area (TPSA) is 98.5 Å². The van der Waals surface area contributed by atoms with Gasteiger partial charge in [0.25, 0.3) is 0 Å². The summed E-state index contributed by atoms with van der Waals surface area (Å²) in [5, 5.41) is 7.85. The van der Waals surface area contributed by atoms with Crippen LogP contribution in [-0.4, -0.2) is 14.3 Å². The molecule has 150 valence electrons. The van der Waals surface area contributed by atoms with E-state index in [0.717, 1.165) is 5.56 Å². The van der Waals surface area contributed by atoms with Crippen molar-refractivity contribution in [2.75, 3.05) is 0 Å². The lowest BCUT2D eigenvalue weighted by Crippen LogP contribution is -2.24. The van der Waals surface area contributed by atoms with Gasteiger partial charge < -0.3 is 10.1 Å². The number of halogens is 1. The molecule has 0 aliphatic heterocycles. The van der Waals surface area contributed by atoms with Gasteiger partial charge >= 0.3 is 0 Å². The minimum absolute atomic E-state index is 0.00426. The Hall–Kier alpha value is -3.23. The lowest BCUT2D eigenvalue weighted by molar-refractivity contribution is -0.120. The fourth-order valence-corrected chi connectivity index (χ4v) is 3.08. The standard InChI is InChI=1S/C21H19FN2O4S/c22-17-5-9-19(10-6-17)28-18-7-1-16(2-8-18)14-24-21(25)13-15-3-11-20(12-4-15)29(23,26)27/h1-12H,13-14H2,(H,24,25)(H2,23,26,27). The van der Waals surface area contributed by atoms with Crippen LogP contribution in [0.3, 0.4) is 0 Å². The summed E-state index contributed by atoms with van der Waals surface area (Å²) in [6.45, 7) is 0.338. The zero-order valence-corrected chi connectivity index (χ0v) is 16.2. The highest BCUT2D eigenvalue weighted by atomic mass is 32.2. The molecule has 3 N–H and O–H groups in total. The van der Waals surface area contributed by atoms with Crippen LogP contribution < -0.4 is 15.2 Å². The van der Waals surface area contributed by atoms with Crippen LogP contribution in [0.1, 0.15) is 11.1 Å². The number of nitrogens with one attached hydrogen (secondary N) is 1. The van der Waals surface area contributed by atoms with Crippen molar-refractivity contribution < 1.29 is 22.3 Å². The van der Waals surface area contributed by atoms with Crippen LogP contribution in [0.25, 0.3) is 0 Å². The van der Waals surface area contributed by atoms with Crippen molar-refractivity contribution in [2.24, 2.45) is 5.14 Å². The van der Waals surface area contributed by atoms with Gasteiger partial charge in [-0.1, -0.05) is 24.3 Å². The van der Waals surface area contributed by atoms with Gasteiger partial charge in [-0.3, -0.25) is 4.79 Å². The highest BCUT2D eigenvalue weighted by molar-refractivity contribution is 7.89. The van der Waals surface area contributed by atoms with E-state index in [1.54, 1.807) is 36.4 Å². The van der Waals surface area contributed by atoms with Gasteiger partial charge in [0.2, 0.25) is 15.9 Å². The molecule has 0 saturated carbocycles. The maximum atomic E-state index is 12.9. The molecule has 0 unspecified atom stereocenters. The van der Waals surface area contributed by atoms with E-state index in [2.05, 4.69) is 5.32 Å². The number of carbonyl (C=O) groups is 1. The number of sulfonamides is 1. The second-order valence-electron chi connectivity index (χ2n) is 6.34. The number of benzene rings is 3. The molecule has 3 aromatic rings. The maximum absolute atomic E-state index is 12.9. The molecule has 1 amide bonds. The fraction of sp³-hybridized carbons (Fsp3) is 0.0952. The predicted octanol–water partition coefficient (Wildman–Crippen LogP) is 3.12. The third kappa shape index (κ3) is 6.13. The van der Waals surface area contributed by atoms with E-state index >= 15 is 0 Å². The molecule has 0 spiro atoms. The van der Waals surface area contributed by atoms with E-state index < -0.39 is 10.0 Å². The number of hydrogen-bond donors (Lipinski definition) is 2. The average Bonchev–Trinajstić information content (AvgIpc) is 2.69. The number of primary sulfonamides is 1. The van der Waals surface area contributed by atoms with E-state index in [4.69, 9.17) is 9.88 Å². The van der Waals surface area contributed by atoms with Crippen LogP contribution >= 0.6 is 0 Å². The van der Waals surface area contributed by atoms with Crippen LogP contribution in [-0.2, 0) is 27.8 Å². The molecule has 0 atom stereocenters. The molecular formula is C21H19FN2O4S. The first-order valence-corrected chi connectivity index (χ1v) is 10.2. The highest BCUT2D eigenvalue weighted by Crippen LogP contribution is 2.21. The van der Waals surface area contributed by atoms with Crippen molar-refractivity contribution >= 4 is 15.9 Å². The van der Waals surface area contributed by atoms with Gasteiger partial charge in [-0.25, -0.2) is 17.9 Å². The molecule has 3 aromatic carbocycles. The summed E-state index contributed by atoms with van der Waals surface area (Å²) in [5.74, 6) is 0.603. The molecule has 0 saturated heterocycles. The first-order chi connectivity index (χ1) is 13.8. The summed E-state index contributed by atoms with van der Waals surface area (Å²) >= 11 is 0. The van der Waals surface area contributed by atoms with Gasteiger partial charge in [-0.05, 0) is 59.7 Å². The van der Waals surface area contributed by atoms with Gasteiger partial charge in [-0.2, -0.15) is 0 Å². The van der Waals surface area contributed by atoms with Crippen molar-refractivity contribution in [3.8, 4) is 11.5 Å². The van der Waals surface area contributed by atoms with Crippen LogP contribution in [0, 0.1) is 5.82 Å². The summed E-state index contributed by atoms with van der Waals surface area (Å²) in [4.78, 5) is 12.1. The second kappa shape index (κ2) is 8.85. The Morgan fingerprint density at radius 3 is 1.93 bits per heavy atom. The molecule has 0 bridgehead atoms. The smallest absolute Gasteiger partial charge is 0.238 e. The molecule has 0 aliphatic rings. The lowest BCUT2D eigenvalue weighted by atomic mass is 10.1. The van der Waals surface area contributed by atoms with Crippen molar-refractivity contribution in [1.82, 2.24) is 5.32 Å². The van der Waals surface area contributed by atoms with E-state index in [9.17, 15) is 17.6 Å². The fourth-order valence-electron chi connectivity index (χ4n) is 2.56. The summed E-state index contributed by atoms with van der Waals surface area (Å²) in [6, 6.07) is 18.7. The number of amides is 1. The van der Waals surface area contributed by atoms with Crippen LogP contribution in [0.2, 0.25) is 0 Å². The van der Waals surface area contributed by atoms with Gasteiger partial charge in [0, 0.05) is 6.54 Å². The minimum atomic E-state index is -3.75. The number of nitrogens with two attached hydrogens (primary N) is 1. The van der Waals surface area contributed by atoms with E-state index in [1.165, 1.54) is 24.3 Å². The second-order valence-corrected chi connectivity index (χ2v) is 7.90. The van der Waals surface area contributed by atoms with E-state index in [-0.39, 0.29) is 23.0 Å². The van der Waals surface area contributed by atoms with Gasteiger partial charge in [0.1, 0.15) is 17.3 Å². The molecule has 0 fully saturated rings. The Morgan fingerprint density at radius 1 is 0.862 bits per heavy atom. The quantitative estimate of drug-likeness (QED) is 0.621. The summed E-state index contributed by atoms with van der Waals surface area (Å²) in [5.41, 5.74) is 1.56. The minimum Gasteiger partial charge on any atom is -0.457 e. The highest BCUT2D eigenvalue weighted by Gasteiger charge is 2.09. The zero-order valence-electron chi connectivity index (χ0n) is 15.3. The number of hydrogen-bond acceptors (Lipinski definition) is 4. The molecule has 0 aromatic heterocycles. The van der Waals surface area contributed by atoms with Crippen LogP contribution in [0.4, 0.5) is 4.39 Å². The number of ether oxygens (including phenoxy) is 1. The SMILES string of the molecule is NS(=O)(=O)c1ccc(CC(=O)NCc2ccc(Oc3ccc(F)cc3)cc2)cc1. The average molecular weight is 414 g/mol. The Labute approximate surface area is 168 Å². The third-order valence-electron chi connectivity index (χ3n) is 4.08. The van der Waals surface area contributed by atoms with Gasteiger partial charge in [-0.15, -0.1) is 0 Å². The molecular weight excluding hydrogens is 395 g/mol. The molecule has 8 heteroatoms. The molecule has 0 aliphatic carbocycles. The summed E-state index contributed by atoms with van der Waals surface area (Å²) in [7, 11) is -3.75. The maximum Gasteiger partial charge on any atom is 0.238 e. The zero-order chi connectivity index (χ0) is 20.9. The number of carbonyl (C=O) groups excluding carboxylic acids is 1. The normalized spacial score (nSPS) is 11.1. The largest absolute Gasteiger partial charge is 0.457 e. The summed E-state index contributed by atoms with van der Waals surface area (Å²) < 4.78 is 41.0. The Kier molecular flexibility index (Phi) is 6.26. The lowest BCUT2D eigenvalue weighted by Gasteiger charge is -2.08. The third-order valence-corrected chi connectivity index (χ3v) is 5.01. The van der Waals surface area contributed by atoms with E-state index in [1.807, 2.05) is 12.1 Å². The van der Waals surface area contributed by atoms with Gasteiger partial charge in [0.05, 0.1) is 11.3 Å². The van der Waals surface area contributed by atoms with Gasteiger partial charge in [0.15, 0.2) is 0 Å². The summed E-state index contributed by atoms with van der Waals surface area (Å²) in [6.07, 6.45) is 0.122. The molecule has 29 heavy (non-hydrogen) atoms. The molecule has 0 radical (unpaired) electrons. The van der Waals surface area contributed by atoms with Crippen LogP contribution in [0.15, 0.2) is 77.7 Å². The van der Waals surface area contributed by atoms with Crippen molar-refractivity contribution in [3.63, 3.8) is 0 Å². The molecule has 6 nitrogen and oxygen atoms in total. The Balaban J connectivity index is 1.50. The molecule has 3 rings (SSSR count). The van der Waals surface area contributed by atoms with Crippen molar-refractivity contribution in [2.45, 2.75) is 17.9 Å². The Bertz CT molecular complexity index is 1080. The monoisotopic (exact) mass is 414 g/mol. The molecule has 0 heterocycles. The van der Waals surface area contributed by atoms with Crippen molar-refractivity contribution in [3.05, 3.63) is 89.7 Å². The number of rotatable bonds is 7. The first kappa shape index (κ1) is 20.5. The van der Waals surface area contributed by atoms with Crippen molar-refractivity contribution in [1.29, 1.82) is 0 Å². The van der Waals surface area contributed by atoms with E-state index in [0.29, 0.717) is 23.6 Å².